The number of halogens is 1. The molecule has 0 radical (unpaired) electrons. The average molecular weight is 559 g/mol. The molecule has 8 heteroatoms. The molecule has 0 aromatic heterocycles. The van der Waals surface area contributed by atoms with Crippen LogP contribution in [-0.2, 0) is 16.1 Å². The predicted octanol–water partition coefficient (Wildman–Crippen LogP) is 6.66. The van der Waals surface area contributed by atoms with Gasteiger partial charge in [-0.05, 0) is 53.6 Å². The summed E-state index contributed by atoms with van der Waals surface area (Å²) in [5.74, 6) is 2.21. The van der Waals surface area contributed by atoms with Crippen molar-refractivity contribution in [2.24, 2.45) is 0 Å². The first-order valence-electron chi connectivity index (χ1n) is 13.1. The van der Waals surface area contributed by atoms with Crippen LogP contribution in [0.3, 0.4) is 0 Å². The van der Waals surface area contributed by atoms with E-state index in [0.29, 0.717) is 60.9 Å². The van der Waals surface area contributed by atoms with Crippen LogP contribution in [0.4, 0.5) is 5.69 Å². The summed E-state index contributed by atoms with van der Waals surface area (Å²) in [6.07, 6.45) is 0. The minimum absolute atomic E-state index is 0.154. The van der Waals surface area contributed by atoms with E-state index in [1.54, 1.807) is 25.3 Å². The highest BCUT2D eigenvalue weighted by molar-refractivity contribution is 6.31. The summed E-state index contributed by atoms with van der Waals surface area (Å²) in [6.45, 7) is 2.49. The lowest BCUT2D eigenvalue weighted by molar-refractivity contribution is -0.117. The van der Waals surface area contributed by atoms with Crippen LogP contribution in [-0.4, -0.2) is 50.8 Å². The maximum Gasteiger partial charge on any atom is 0.238 e. The van der Waals surface area contributed by atoms with Gasteiger partial charge in [-0.3, -0.25) is 9.69 Å². The number of nitrogens with one attached hydrogen (secondary N) is 1. The number of nitrogens with zero attached hydrogens (tertiary/aromatic N) is 1. The third kappa shape index (κ3) is 7.12. The molecular formula is C32H31ClN2O5. The van der Waals surface area contributed by atoms with E-state index in [1.165, 1.54) is 0 Å². The Bertz CT molecular complexity index is 1460. The lowest BCUT2D eigenvalue weighted by Crippen LogP contribution is -2.35. The number of amides is 1. The van der Waals surface area contributed by atoms with Crippen LogP contribution in [0, 0.1) is 0 Å². The van der Waals surface area contributed by atoms with Gasteiger partial charge >= 0.3 is 0 Å². The molecule has 206 valence electrons. The smallest absolute Gasteiger partial charge is 0.238 e. The number of methoxy groups -OCH3 is 1. The van der Waals surface area contributed by atoms with E-state index in [1.807, 2.05) is 54.6 Å². The van der Waals surface area contributed by atoms with Gasteiger partial charge in [0.25, 0.3) is 0 Å². The molecule has 5 rings (SSSR count). The van der Waals surface area contributed by atoms with Gasteiger partial charge in [0, 0.05) is 23.7 Å². The van der Waals surface area contributed by atoms with Gasteiger partial charge in [0.05, 0.1) is 32.6 Å². The molecular weight excluding hydrogens is 528 g/mol. The monoisotopic (exact) mass is 558 g/mol. The predicted molar refractivity (Wildman–Crippen MR) is 157 cm³/mol. The van der Waals surface area contributed by atoms with Crippen LogP contribution in [0.5, 0.6) is 23.0 Å². The van der Waals surface area contributed by atoms with E-state index < -0.39 is 0 Å². The zero-order valence-electron chi connectivity index (χ0n) is 22.3. The zero-order chi connectivity index (χ0) is 27.7. The summed E-state index contributed by atoms with van der Waals surface area (Å²) >= 11 is 6.27. The third-order valence-corrected chi connectivity index (χ3v) is 6.68. The summed E-state index contributed by atoms with van der Waals surface area (Å²) in [7, 11) is 1.67. The number of hydrogen-bond acceptors (Lipinski definition) is 6. The Morgan fingerprint density at radius 2 is 1.70 bits per heavy atom. The number of hydrogen-bond donors (Lipinski definition) is 1. The standard InChI is InChI=1S/C32H31ClN2O5/c1-37-28-10-3-2-9-26(28)24-8-6-7-23(19-24)21-35-15-16-38-17-18-39-30-11-4-5-12-31(30)40-29-14-13-25(33)20-27(29)34-32(36)22-35/h2-14,19-20H,15-18,21-22H2,1H3,(H,34,36). The van der Waals surface area contributed by atoms with Crippen LogP contribution in [0.1, 0.15) is 5.56 Å². The molecule has 1 aliphatic rings. The summed E-state index contributed by atoms with van der Waals surface area (Å²) in [6, 6.07) is 28.7. The topological polar surface area (TPSA) is 69.3 Å². The molecule has 0 saturated carbocycles. The number of fused-ring (bicyclic) bond motifs is 2. The molecule has 1 aliphatic heterocycles. The third-order valence-electron chi connectivity index (χ3n) is 6.44. The van der Waals surface area contributed by atoms with Gasteiger partial charge in [0.1, 0.15) is 12.4 Å². The van der Waals surface area contributed by atoms with Gasteiger partial charge in [-0.2, -0.15) is 0 Å². The Morgan fingerprint density at radius 3 is 2.58 bits per heavy atom. The number of rotatable bonds is 4. The van der Waals surface area contributed by atoms with Crippen molar-refractivity contribution in [2.45, 2.75) is 6.54 Å². The van der Waals surface area contributed by atoms with Gasteiger partial charge in [-0.25, -0.2) is 0 Å². The minimum atomic E-state index is -0.188. The fourth-order valence-electron chi connectivity index (χ4n) is 4.55. The summed E-state index contributed by atoms with van der Waals surface area (Å²) in [5.41, 5.74) is 3.61. The number of carbonyl (C=O) groups excluding carboxylic acids is 1. The maximum absolute atomic E-state index is 13.3. The number of anilines is 1. The molecule has 1 amide bonds. The van der Waals surface area contributed by atoms with E-state index in [9.17, 15) is 4.79 Å². The Kier molecular flexibility index (Phi) is 9.18. The molecule has 7 nitrogen and oxygen atoms in total. The molecule has 4 aromatic rings. The minimum Gasteiger partial charge on any atom is -0.496 e. The molecule has 40 heavy (non-hydrogen) atoms. The molecule has 0 fully saturated rings. The normalized spacial score (nSPS) is 14.8. The van der Waals surface area contributed by atoms with Crippen molar-refractivity contribution in [1.82, 2.24) is 4.90 Å². The van der Waals surface area contributed by atoms with Crippen LogP contribution in [0.2, 0.25) is 5.02 Å². The summed E-state index contributed by atoms with van der Waals surface area (Å²) in [5, 5.41) is 3.47. The fourth-order valence-corrected chi connectivity index (χ4v) is 4.72. The highest BCUT2D eigenvalue weighted by atomic mass is 35.5. The van der Waals surface area contributed by atoms with Gasteiger partial charge in [0.2, 0.25) is 5.91 Å². The Balaban J connectivity index is 1.37. The Labute approximate surface area is 239 Å². The van der Waals surface area contributed by atoms with Crippen LogP contribution >= 0.6 is 11.6 Å². The number of carbonyl (C=O) groups is 1. The molecule has 4 aromatic carbocycles. The van der Waals surface area contributed by atoms with Crippen LogP contribution < -0.4 is 19.5 Å². The molecule has 0 saturated heterocycles. The first kappa shape index (κ1) is 27.5. The summed E-state index contributed by atoms with van der Waals surface area (Å²) in [4.78, 5) is 15.3. The number of benzene rings is 4. The molecule has 0 bridgehead atoms. The Hall–Kier alpha value is -4.04. The van der Waals surface area contributed by atoms with Gasteiger partial charge in [0.15, 0.2) is 17.2 Å². The van der Waals surface area contributed by atoms with E-state index in [4.69, 9.17) is 30.5 Å². The van der Waals surface area contributed by atoms with Gasteiger partial charge in [-0.15, -0.1) is 0 Å². The second-order valence-corrected chi connectivity index (χ2v) is 9.75. The number of para-hydroxylation sites is 3. The Morgan fingerprint density at radius 1 is 0.875 bits per heavy atom. The molecule has 0 aliphatic carbocycles. The van der Waals surface area contributed by atoms with Crippen molar-refractivity contribution in [3.05, 3.63) is 102 Å². The van der Waals surface area contributed by atoms with Crippen molar-refractivity contribution in [3.63, 3.8) is 0 Å². The van der Waals surface area contributed by atoms with Gasteiger partial charge in [-0.1, -0.05) is 60.1 Å². The average Bonchev–Trinajstić information content (AvgIpc) is 2.97. The zero-order valence-corrected chi connectivity index (χ0v) is 23.0. The van der Waals surface area contributed by atoms with Crippen LogP contribution in [0.15, 0.2) is 91.0 Å². The second-order valence-electron chi connectivity index (χ2n) is 9.31. The lowest BCUT2D eigenvalue weighted by atomic mass is 10.0. The van der Waals surface area contributed by atoms with Crippen LogP contribution in [0.25, 0.3) is 11.1 Å². The highest BCUT2D eigenvalue weighted by Gasteiger charge is 2.17. The number of ether oxygens (including phenoxy) is 4. The van der Waals surface area contributed by atoms with Gasteiger partial charge < -0.3 is 24.3 Å². The van der Waals surface area contributed by atoms with Crippen molar-refractivity contribution in [3.8, 4) is 34.1 Å². The largest absolute Gasteiger partial charge is 0.496 e. The van der Waals surface area contributed by atoms with E-state index in [0.717, 1.165) is 22.4 Å². The molecule has 0 spiro atoms. The quantitative estimate of drug-likeness (QED) is 0.302. The fraction of sp³-hybridized carbons (Fsp3) is 0.219. The lowest BCUT2D eigenvalue weighted by Gasteiger charge is -2.22. The molecule has 0 atom stereocenters. The molecule has 0 unspecified atom stereocenters. The second kappa shape index (κ2) is 13.3. The maximum atomic E-state index is 13.3. The van der Waals surface area contributed by atoms with E-state index in [-0.39, 0.29) is 12.5 Å². The molecule has 1 heterocycles. The van der Waals surface area contributed by atoms with E-state index in [2.05, 4.69) is 28.4 Å². The first-order chi connectivity index (χ1) is 19.6. The van der Waals surface area contributed by atoms with E-state index >= 15 is 0 Å². The summed E-state index contributed by atoms with van der Waals surface area (Å²) < 4.78 is 23.5. The molecule has 1 N–H and O–H groups in total. The SMILES string of the molecule is COc1ccccc1-c1cccc(CN2CCOCCOc3ccccc3Oc3ccc(Cl)cc3NC(=O)C2)c1. The van der Waals surface area contributed by atoms with Crippen molar-refractivity contribution in [1.29, 1.82) is 0 Å². The van der Waals surface area contributed by atoms with Crippen molar-refractivity contribution in [2.75, 3.05) is 45.3 Å². The van der Waals surface area contributed by atoms with Crippen molar-refractivity contribution >= 4 is 23.2 Å². The van der Waals surface area contributed by atoms with Crippen molar-refractivity contribution < 1.29 is 23.7 Å². The first-order valence-corrected chi connectivity index (χ1v) is 13.5. The highest BCUT2D eigenvalue weighted by Crippen LogP contribution is 2.36.